The Morgan fingerprint density at radius 2 is 1.96 bits per heavy atom. The van der Waals surface area contributed by atoms with E-state index in [4.69, 9.17) is 21.1 Å². The molecule has 2 aromatic rings. The summed E-state index contributed by atoms with van der Waals surface area (Å²) in [5, 5.41) is 0.539. The van der Waals surface area contributed by atoms with Gasteiger partial charge in [-0.2, -0.15) is 0 Å². The fourth-order valence-electron chi connectivity index (χ4n) is 2.63. The van der Waals surface area contributed by atoms with Gasteiger partial charge >= 0.3 is 6.09 Å². The van der Waals surface area contributed by atoms with Crippen LogP contribution in [0.15, 0.2) is 54.7 Å². The first-order chi connectivity index (χ1) is 12.0. The molecule has 0 N–H and O–H groups in total. The molecule has 0 unspecified atom stereocenters. The topological polar surface area (TPSA) is 38.8 Å². The zero-order valence-electron chi connectivity index (χ0n) is 14.2. The summed E-state index contributed by atoms with van der Waals surface area (Å²) >= 11 is 6.39. The van der Waals surface area contributed by atoms with Crippen molar-refractivity contribution in [3.05, 3.63) is 70.9 Å². The summed E-state index contributed by atoms with van der Waals surface area (Å²) in [6.07, 6.45) is 1.53. The van der Waals surface area contributed by atoms with Crippen molar-refractivity contribution < 1.29 is 14.3 Å². The van der Waals surface area contributed by atoms with Gasteiger partial charge < -0.3 is 9.47 Å². The summed E-state index contributed by atoms with van der Waals surface area (Å²) in [4.78, 5) is 13.4. The molecular formula is C20H20ClNO3. The molecule has 1 fully saturated rings. The maximum absolute atomic E-state index is 11.8. The summed E-state index contributed by atoms with van der Waals surface area (Å²) in [5.74, 6) is 0.647. The molecule has 0 spiro atoms. The molecule has 0 aliphatic carbocycles. The number of ether oxygens (including phenoxy) is 2. The highest BCUT2D eigenvalue weighted by Gasteiger charge is 2.21. The van der Waals surface area contributed by atoms with Gasteiger partial charge in [-0.1, -0.05) is 48.0 Å². The number of hydrogen-bond donors (Lipinski definition) is 0. The van der Waals surface area contributed by atoms with Crippen molar-refractivity contribution in [2.24, 2.45) is 0 Å². The predicted octanol–water partition coefficient (Wildman–Crippen LogP) is 4.97. The van der Waals surface area contributed by atoms with E-state index in [-0.39, 0.29) is 12.2 Å². The van der Waals surface area contributed by atoms with Crippen LogP contribution < -0.4 is 4.74 Å². The molecule has 1 saturated heterocycles. The van der Waals surface area contributed by atoms with E-state index in [9.17, 15) is 4.79 Å². The van der Waals surface area contributed by atoms with Crippen molar-refractivity contribution >= 4 is 23.3 Å². The molecule has 2 aromatic carbocycles. The molecule has 5 heteroatoms. The monoisotopic (exact) mass is 357 g/mol. The molecular weight excluding hydrogens is 338 g/mol. The minimum absolute atomic E-state index is 0.0480. The van der Waals surface area contributed by atoms with E-state index in [2.05, 4.69) is 0 Å². The van der Waals surface area contributed by atoms with Gasteiger partial charge in [0.25, 0.3) is 0 Å². The van der Waals surface area contributed by atoms with Crippen LogP contribution in [-0.4, -0.2) is 30.2 Å². The fourth-order valence-corrected chi connectivity index (χ4v) is 2.86. The summed E-state index contributed by atoms with van der Waals surface area (Å²) in [6, 6.07) is 15.5. The lowest BCUT2D eigenvalue weighted by molar-refractivity contribution is 0.166. The first-order valence-electron chi connectivity index (χ1n) is 8.22. The smallest absolute Gasteiger partial charge is 0.414 e. The maximum Gasteiger partial charge on any atom is 0.414 e. The molecule has 0 saturated carbocycles. The molecule has 25 heavy (non-hydrogen) atoms. The zero-order valence-corrected chi connectivity index (χ0v) is 15.0. The molecule has 0 atom stereocenters. The lowest BCUT2D eigenvalue weighted by Crippen LogP contribution is -2.18. The second-order valence-electron chi connectivity index (χ2n) is 6.03. The first kappa shape index (κ1) is 17.4. The Bertz CT molecular complexity index is 787. The van der Waals surface area contributed by atoms with Gasteiger partial charge in [0.05, 0.1) is 17.7 Å². The van der Waals surface area contributed by atoms with Gasteiger partial charge in [0.15, 0.2) is 0 Å². The Morgan fingerprint density at radius 1 is 1.20 bits per heavy atom. The summed E-state index contributed by atoms with van der Waals surface area (Å²) in [5.41, 5.74) is 2.81. The maximum atomic E-state index is 11.8. The standard InChI is InChI=1S/C20H20ClNO3/c1-14(2)25-19-9-8-16(12-18(19)21)17(15-6-4-3-5-7-15)13-22-10-11-24-20(22)23/h3-9,12-14H,10-11H2,1-2H3/b17-13+. The highest BCUT2D eigenvalue weighted by atomic mass is 35.5. The van der Waals surface area contributed by atoms with Crippen LogP contribution in [0.1, 0.15) is 25.0 Å². The van der Waals surface area contributed by atoms with Crippen LogP contribution in [0.25, 0.3) is 5.57 Å². The van der Waals surface area contributed by atoms with Crippen LogP contribution in [0.5, 0.6) is 5.75 Å². The molecule has 0 radical (unpaired) electrons. The third-order valence-electron chi connectivity index (χ3n) is 3.77. The number of hydrogen-bond acceptors (Lipinski definition) is 3. The van der Waals surface area contributed by atoms with Crippen LogP contribution in [-0.2, 0) is 4.74 Å². The van der Waals surface area contributed by atoms with Gasteiger partial charge in [-0.15, -0.1) is 0 Å². The van der Waals surface area contributed by atoms with Crippen LogP contribution in [0.4, 0.5) is 4.79 Å². The molecule has 1 aliphatic rings. The summed E-state index contributed by atoms with van der Waals surface area (Å²) in [6.45, 7) is 4.85. The molecule has 1 aliphatic heterocycles. The number of carbonyl (C=O) groups is 1. The molecule has 0 aromatic heterocycles. The minimum atomic E-state index is -0.334. The number of benzene rings is 2. The Balaban J connectivity index is 2.01. The van der Waals surface area contributed by atoms with Gasteiger partial charge in [0.1, 0.15) is 12.4 Å². The third kappa shape index (κ3) is 4.15. The average molecular weight is 358 g/mol. The predicted molar refractivity (Wildman–Crippen MR) is 98.8 cm³/mol. The second-order valence-corrected chi connectivity index (χ2v) is 6.44. The Morgan fingerprint density at radius 3 is 2.56 bits per heavy atom. The van der Waals surface area contributed by atoms with Crippen molar-refractivity contribution in [1.82, 2.24) is 4.90 Å². The van der Waals surface area contributed by atoms with Crippen LogP contribution >= 0.6 is 11.6 Å². The first-order valence-corrected chi connectivity index (χ1v) is 8.59. The van der Waals surface area contributed by atoms with E-state index in [1.54, 1.807) is 4.90 Å². The highest BCUT2D eigenvalue weighted by molar-refractivity contribution is 6.32. The SMILES string of the molecule is CC(C)Oc1ccc(/C(=C/N2CCOC2=O)c2ccccc2)cc1Cl. The molecule has 0 bridgehead atoms. The van der Waals surface area contributed by atoms with Crippen molar-refractivity contribution in [2.75, 3.05) is 13.2 Å². The van der Waals surface area contributed by atoms with E-state index in [1.165, 1.54) is 0 Å². The number of rotatable bonds is 5. The Labute approximate surface area is 152 Å². The number of nitrogens with zero attached hydrogens (tertiary/aromatic N) is 1. The molecule has 4 nitrogen and oxygen atoms in total. The molecule has 1 heterocycles. The van der Waals surface area contributed by atoms with Gasteiger partial charge in [-0.25, -0.2) is 4.79 Å². The second kappa shape index (κ2) is 7.62. The number of carbonyl (C=O) groups excluding carboxylic acids is 1. The van der Waals surface area contributed by atoms with E-state index in [0.717, 1.165) is 16.7 Å². The van der Waals surface area contributed by atoms with Crippen LogP contribution in [0, 0.1) is 0 Å². The quantitative estimate of drug-likeness (QED) is 0.758. The molecule has 1 amide bonds. The van der Waals surface area contributed by atoms with Crippen LogP contribution in [0.3, 0.4) is 0 Å². The largest absolute Gasteiger partial charge is 0.489 e. The van der Waals surface area contributed by atoms with Gasteiger partial charge in [-0.05, 0) is 37.1 Å². The van der Waals surface area contributed by atoms with Crippen molar-refractivity contribution in [3.8, 4) is 5.75 Å². The van der Waals surface area contributed by atoms with E-state index >= 15 is 0 Å². The molecule has 3 rings (SSSR count). The third-order valence-corrected chi connectivity index (χ3v) is 4.06. The summed E-state index contributed by atoms with van der Waals surface area (Å²) in [7, 11) is 0. The summed E-state index contributed by atoms with van der Waals surface area (Å²) < 4.78 is 10.7. The van der Waals surface area contributed by atoms with E-state index in [1.807, 2.05) is 68.6 Å². The van der Waals surface area contributed by atoms with Gasteiger partial charge in [0.2, 0.25) is 0 Å². The van der Waals surface area contributed by atoms with Crippen molar-refractivity contribution in [1.29, 1.82) is 0 Å². The zero-order chi connectivity index (χ0) is 17.8. The number of halogens is 1. The van der Waals surface area contributed by atoms with Crippen LogP contribution in [0.2, 0.25) is 5.02 Å². The Hall–Kier alpha value is -2.46. The fraction of sp³-hybridized carbons (Fsp3) is 0.250. The van der Waals surface area contributed by atoms with Crippen molar-refractivity contribution in [2.45, 2.75) is 20.0 Å². The highest BCUT2D eigenvalue weighted by Crippen LogP contribution is 2.32. The van der Waals surface area contributed by atoms with Crippen molar-refractivity contribution in [3.63, 3.8) is 0 Å². The average Bonchev–Trinajstić information content (AvgIpc) is 3.00. The lowest BCUT2D eigenvalue weighted by Gasteiger charge is -2.16. The van der Waals surface area contributed by atoms with E-state index < -0.39 is 0 Å². The number of amides is 1. The van der Waals surface area contributed by atoms with Gasteiger partial charge in [-0.3, -0.25) is 4.90 Å². The van der Waals surface area contributed by atoms with E-state index in [0.29, 0.717) is 23.9 Å². The van der Waals surface area contributed by atoms with Gasteiger partial charge in [0, 0.05) is 11.8 Å². The Kier molecular flexibility index (Phi) is 5.29. The minimum Gasteiger partial charge on any atom is -0.489 e. The number of cyclic esters (lactones) is 1. The lowest BCUT2D eigenvalue weighted by atomic mass is 9.98. The normalized spacial score (nSPS) is 14.8. The molecule has 130 valence electrons.